The predicted molar refractivity (Wildman–Crippen MR) is 102 cm³/mol. The van der Waals surface area contributed by atoms with Gasteiger partial charge in [-0.25, -0.2) is 4.79 Å². The minimum absolute atomic E-state index is 0.0766. The van der Waals surface area contributed by atoms with Crippen molar-refractivity contribution in [3.8, 4) is 0 Å². The van der Waals surface area contributed by atoms with Gasteiger partial charge in [-0.2, -0.15) is 5.10 Å². The number of urea groups is 1. The van der Waals surface area contributed by atoms with Gasteiger partial charge in [0.05, 0.1) is 6.54 Å². The topological polar surface area (TPSA) is 71.8 Å². The Morgan fingerprint density at radius 2 is 1.92 bits per heavy atom. The molecule has 1 aromatic carbocycles. The molecule has 6 heteroatoms. The smallest absolute Gasteiger partial charge is 0.320 e. The van der Waals surface area contributed by atoms with Gasteiger partial charge in [0.2, 0.25) is 0 Å². The molecule has 6 nitrogen and oxygen atoms in total. The fraction of sp³-hybridized carbons (Fsp3) is 0.250. The molecule has 2 aromatic heterocycles. The molecule has 0 bridgehead atoms. The van der Waals surface area contributed by atoms with Crippen molar-refractivity contribution in [3.63, 3.8) is 0 Å². The van der Waals surface area contributed by atoms with Crippen LogP contribution in [0.1, 0.15) is 24.5 Å². The van der Waals surface area contributed by atoms with E-state index < -0.39 is 0 Å². The summed E-state index contributed by atoms with van der Waals surface area (Å²) in [7, 11) is 0. The zero-order valence-electron chi connectivity index (χ0n) is 14.8. The van der Waals surface area contributed by atoms with Gasteiger partial charge in [-0.15, -0.1) is 0 Å². The highest BCUT2D eigenvalue weighted by molar-refractivity contribution is 5.88. The Hall–Kier alpha value is -3.15. The van der Waals surface area contributed by atoms with Crippen LogP contribution in [0.25, 0.3) is 0 Å². The lowest BCUT2D eigenvalue weighted by Gasteiger charge is -2.14. The molecule has 0 saturated carbocycles. The maximum atomic E-state index is 12.1. The number of pyridine rings is 1. The van der Waals surface area contributed by atoms with Crippen molar-refractivity contribution in [2.75, 3.05) is 5.32 Å². The number of nitrogens with zero attached hydrogens (tertiary/aromatic N) is 3. The van der Waals surface area contributed by atoms with E-state index in [-0.39, 0.29) is 12.1 Å². The molecule has 0 fully saturated rings. The Bertz CT molecular complexity index is 816. The number of hydrogen-bond donors (Lipinski definition) is 2. The second-order valence-corrected chi connectivity index (χ2v) is 6.28. The van der Waals surface area contributed by atoms with Crippen LogP contribution in [0, 0.1) is 0 Å². The van der Waals surface area contributed by atoms with Crippen molar-refractivity contribution < 1.29 is 4.79 Å². The van der Waals surface area contributed by atoms with Crippen molar-refractivity contribution in [1.82, 2.24) is 20.1 Å². The molecule has 0 spiro atoms. The van der Waals surface area contributed by atoms with Gasteiger partial charge in [-0.05, 0) is 37.0 Å². The van der Waals surface area contributed by atoms with Crippen LogP contribution in [0.3, 0.4) is 0 Å². The van der Waals surface area contributed by atoms with E-state index in [2.05, 4.69) is 32.8 Å². The Balaban J connectivity index is 1.44. The Morgan fingerprint density at radius 3 is 2.69 bits per heavy atom. The average molecular weight is 349 g/mol. The molecule has 2 heterocycles. The molecule has 0 aliphatic carbocycles. The maximum Gasteiger partial charge on any atom is 0.320 e. The fourth-order valence-corrected chi connectivity index (χ4v) is 2.67. The highest BCUT2D eigenvalue weighted by Gasteiger charge is 2.09. The number of aryl methyl sites for hydroxylation is 1. The summed E-state index contributed by atoms with van der Waals surface area (Å²) < 4.78 is 1.77. The van der Waals surface area contributed by atoms with E-state index in [9.17, 15) is 4.79 Å². The van der Waals surface area contributed by atoms with Crippen molar-refractivity contribution in [1.29, 1.82) is 0 Å². The number of amides is 2. The summed E-state index contributed by atoms with van der Waals surface area (Å²) in [5.41, 5.74) is 2.33. The van der Waals surface area contributed by atoms with E-state index in [1.165, 1.54) is 5.56 Å². The Kier molecular flexibility index (Phi) is 5.98. The average Bonchev–Trinajstić information content (AvgIpc) is 3.08. The third-order valence-electron chi connectivity index (χ3n) is 4.04. The summed E-state index contributed by atoms with van der Waals surface area (Å²) in [6.07, 6.45) is 7.19. The van der Waals surface area contributed by atoms with E-state index in [1.54, 1.807) is 23.1 Å². The van der Waals surface area contributed by atoms with Crippen molar-refractivity contribution in [2.45, 2.75) is 32.4 Å². The van der Waals surface area contributed by atoms with Gasteiger partial charge in [0.15, 0.2) is 5.82 Å². The summed E-state index contributed by atoms with van der Waals surface area (Å²) in [6.45, 7) is 2.62. The summed E-state index contributed by atoms with van der Waals surface area (Å²) in [5.74, 6) is 0.529. The first-order chi connectivity index (χ1) is 12.7. The van der Waals surface area contributed by atoms with Gasteiger partial charge in [0, 0.05) is 30.7 Å². The molecule has 0 radical (unpaired) electrons. The Morgan fingerprint density at radius 1 is 1.12 bits per heavy atom. The number of carbonyl (C=O) groups is 1. The summed E-state index contributed by atoms with van der Waals surface area (Å²) in [4.78, 5) is 16.2. The first-order valence-electron chi connectivity index (χ1n) is 8.73. The van der Waals surface area contributed by atoms with Gasteiger partial charge in [0.1, 0.15) is 0 Å². The van der Waals surface area contributed by atoms with E-state index in [1.807, 2.05) is 43.5 Å². The van der Waals surface area contributed by atoms with Crippen molar-refractivity contribution in [3.05, 3.63) is 78.2 Å². The monoisotopic (exact) mass is 349 g/mol. The molecule has 0 aliphatic heterocycles. The molecule has 0 saturated heterocycles. The number of nitrogens with one attached hydrogen (secondary N) is 2. The molecule has 1 atom stereocenters. The van der Waals surface area contributed by atoms with E-state index in [4.69, 9.17) is 0 Å². The molecule has 2 amide bonds. The lowest BCUT2D eigenvalue weighted by molar-refractivity contribution is 0.248. The standard InChI is InChI=1S/C20H23N5O/c1-16(9-10-17-6-3-2-4-7-17)22-20(26)23-19-11-13-25(24-19)15-18-8-5-12-21-14-18/h2-8,11-14,16H,9-10,15H2,1H3,(H2,22,23,24,26)/t16-/m1/s1. The molecular weight excluding hydrogens is 326 g/mol. The maximum absolute atomic E-state index is 12.1. The van der Waals surface area contributed by atoms with Crippen LogP contribution in [0.5, 0.6) is 0 Å². The highest BCUT2D eigenvalue weighted by atomic mass is 16.2. The van der Waals surface area contributed by atoms with Gasteiger partial charge in [-0.3, -0.25) is 15.0 Å². The number of carbonyl (C=O) groups excluding carboxylic acids is 1. The molecule has 3 rings (SSSR count). The molecule has 2 N–H and O–H groups in total. The number of rotatable bonds is 7. The lowest BCUT2D eigenvalue weighted by Crippen LogP contribution is -2.36. The zero-order valence-corrected chi connectivity index (χ0v) is 14.8. The number of benzene rings is 1. The normalized spacial score (nSPS) is 11.7. The SMILES string of the molecule is C[C@H](CCc1ccccc1)NC(=O)Nc1ccn(Cc2cccnc2)n1. The predicted octanol–water partition coefficient (Wildman–Crippen LogP) is 3.47. The van der Waals surface area contributed by atoms with E-state index >= 15 is 0 Å². The molecule has 3 aromatic rings. The number of anilines is 1. The second-order valence-electron chi connectivity index (χ2n) is 6.28. The first-order valence-corrected chi connectivity index (χ1v) is 8.73. The van der Waals surface area contributed by atoms with Crippen molar-refractivity contribution in [2.24, 2.45) is 0 Å². The van der Waals surface area contributed by atoms with Gasteiger partial charge < -0.3 is 5.32 Å². The minimum atomic E-state index is -0.239. The Labute approximate surface area is 153 Å². The summed E-state index contributed by atoms with van der Waals surface area (Å²) in [5, 5.41) is 10.1. The van der Waals surface area contributed by atoms with Crippen LogP contribution < -0.4 is 10.6 Å². The van der Waals surface area contributed by atoms with Crippen LogP contribution in [-0.4, -0.2) is 26.8 Å². The van der Waals surface area contributed by atoms with Crippen molar-refractivity contribution >= 4 is 11.8 Å². The van der Waals surface area contributed by atoms with Gasteiger partial charge in [0.25, 0.3) is 0 Å². The summed E-state index contributed by atoms with van der Waals surface area (Å²) >= 11 is 0. The summed E-state index contributed by atoms with van der Waals surface area (Å²) in [6, 6.07) is 15.8. The third kappa shape index (κ3) is 5.44. The van der Waals surface area contributed by atoms with Crippen LogP contribution in [0.4, 0.5) is 10.6 Å². The number of hydrogen-bond acceptors (Lipinski definition) is 3. The van der Waals surface area contributed by atoms with E-state index in [0.717, 1.165) is 18.4 Å². The molecule has 0 unspecified atom stereocenters. The third-order valence-corrected chi connectivity index (χ3v) is 4.04. The highest BCUT2D eigenvalue weighted by Crippen LogP contribution is 2.07. The number of aromatic nitrogens is 3. The zero-order chi connectivity index (χ0) is 18.2. The van der Waals surface area contributed by atoms with Crippen LogP contribution in [0.2, 0.25) is 0 Å². The van der Waals surface area contributed by atoms with Gasteiger partial charge >= 0.3 is 6.03 Å². The fourth-order valence-electron chi connectivity index (χ4n) is 2.67. The first kappa shape index (κ1) is 17.7. The molecular formula is C20H23N5O. The quantitative estimate of drug-likeness (QED) is 0.686. The molecule has 0 aliphatic rings. The lowest BCUT2D eigenvalue weighted by atomic mass is 10.1. The largest absolute Gasteiger partial charge is 0.335 e. The second kappa shape index (κ2) is 8.80. The van der Waals surface area contributed by atoms with Crippen LogP contribution in [0.15, 0.2) is 67.1 Å². The molecule has 26 heavy (non-hydrogen) atoms. The van der Waals surface area contributed by atoms with Gasteiger partial charge in [-0.1, -0.05) is 36.4 Å². The minimum Gasteiger partial charge on any atom is -0.335 e. The van der Waals surface area contributed by atoms with Crippen LogP contribution in [-0.2, 0) is 13.0 Å². The van der Waals surface area contributed by atoms with Crippen LogP contribution >= 0.6 is 0 Å². The van der Waals surface area contributed by atoms with E-state index in [0.29, 0.717) is 12.4 Å². The molecule has 134 valence electrons.